The molecule has 0 bridgehead atoms. The first-order chi connectivity index (χ1) is 9.08. The van der Waals surface area contributed by atoms with Gasteiger partial charge >= 0.3 is 11.6 Å². The molecule has 0 saturated carbocycles. The second kappa shape index (κ2) is 4.84. The Morgan fingerprint density at radius 3 is 2.70 bits per heavy atom. The molecular formula is C10H12B3N3O4. The molecule has 1 aromatic rings. The molecule has 2 heterocycles. The number of rotatable bonds is 4. The molecule has 0 spiro atoms. The molecule has 100 valence electrons. The fourth-order valence-electron chi connectivity index (χ4n) is 1.97. The number of nitrogens with zero attached hydrogens (tertiary/aromatic N) is 3. The highest BCUT2D eigenvalue weighted by Gasteiger charge is 2.36. The van der Waals surface area contributed by atoms with E-state index in [1.165, 1.54) is 0 Å². The number of aromatic nitrogens is 2. The van der Waals surface area contributed by atoms with E-state index < -0.39 is 10.2 Å². The van der Waals surface area contributed by atoms with Crippen LogP contribution in [0.3, 0.4) is 0 Å². The van der Waals surface area contributed by atoms with E-state index in [4.69, 9.17) is 33.0 Å². The minimum absolute atomic E-state index is 0.174. The Labute approximate surface area is 120 Å². The van der Waals surface area contributed by atoms with Gasteiger partial charge in [0.2, 0.25) is 0 Å². The summed E-state index contributed by atoms with van der Waals surface area (Å²) in [6.45, 7) is 4.15. The maximum absolute atomic E-state index is 11.0. The van der Waals surface area contributed by atoms with Gasteiger partial charge in [-0.05, 0) is 19.1 Å². The Morgan fingerprint density at radius 1 is 1.60 bits per heavy atom. The normalized spacial score (nSPS) is 21.8. The molecule has 0 amide bonds. The van der Waals surface area contributed by atoms with Gasteiger partial charge in [0.1, 0.15) is 12.3 Å². The maximum Gasteiger partial charge on any atom is 0.350 e. The molecule has 1 unspecified atom stereocenters. The Morgan fingerprint density at radius 2 is 2.25 bits per heavy atom. The lowest BCUT2D eigenvalue weighted by molar-refractivity contribution is -0.386. The fourth-order valence-corrected chi connectivity index (χ4v) is 1.97. The van der Waals surface area contributed by atoms with Crippen molar-refractivity contribution in [2.24, 2.45) is 0 Å². The van der Waals surface area contributed by atoms with Crippen LogP contribution in [-0.4, -0.2) is 56.6 Å². The van der Waals surface area contributed by atoms with E-state index in [1.807, 2.05) is 13.8 Å². The summed E-state index contributed by atoms with van der Waals surface area (Å²) < 4.78 is 11.9. The van der Waals surface area contributed by atoms with Crippen LogP contribution < -0.4 is 4.74 Å². The lowest BCUT2D eigenvalue weighted by Gasteiger charge is -2.20. The highest BCUT2D eigenvalue weighted by molar-refractivity contribution is 6.56. The van der Waals surface area contributed by atoms with Gasteiger partial charge in [-0.1, -0.05) is 0 Å². The molecule has 7 nitrogen and oxygen atoms in total. The van der Waals surface area contributed by atoms with E-state index in [2.05, 4.69) is 5.10 Å². The maximum atomic E-state index is 11.0. The second-order valence-electron chi connectivity index (χ2n) is 5.42. The summed E-state index contributed by atoms with van der Waals surface area (Å²) in [5.74, 6) is -0.174. The number of ether oxygens (including phenoxy) is 2. The van der Waals surface area contributed by atoms with Gasteiger partial charge in [-0.25, -0.2) is 0 Å². The van der Waals surface area contributed by atoms with E-state index in [0.717, 1.165) is 10.9 Å². The summed E-state index contributed by atoms with van der Waals surface area (Å²) in [5.41, 5.74) is -0.679. The summed E-state index contributed by atoms with van der Waals surface area (Å²) in [5, 5.41) is 13.0. The molecule has 1 atom stereocenters. The summed E-state index contributed by atoms with van der Waals surface area (Å²) in [6, 6.07) is 0. The van der Waals surface area contributed by atoms with Crippen molar-refractivity contribution in [2.45, 2.75) is 37.2 Å². The van der Waals surface area contributed by atoms with E-state index in [9.17, 15) is 10.1 Å². The smallest absolute Gasteiger partial charge is 0.350 e. The minimum atomic E-state index is -1.84. The Balaban J connectivity index is 2.23. The van der Waals surface area contributed by atoms with E-state index in [1.54, 1.807) is 0 Å². The molecule has 0 aromatic carbocycles. The van der Waals surface area contributed by atoms with E-state index in [-0.39, 0.29) is 23.3 Å². The highest BCUT2D eigenvalue weighted by Crippen LogP contribution is 2.32. The molecule has 10 heteroatoms. The summed E-state index contributed by atoms with van der Waals surface area (Å²) in [7, 11) is 16.3. The Hall–Kier alpha value is -1.44. The summed E-state index contributed by atoms with van der Waals surface area (Å²) in [6.07, 6.45) is 1.31. The third kappa shape index (κ3) is 3.17. The van der Waals surface area contributed by atoms with Gasteiger partial charge < -0.3 is 9.47 Å². The van der Waals surface area contributed by atoms with Crippen molar-refractivity contribution in [1.82, 2.24) is 9.78 Å². The van der Waals surface area contributed by atoms with Gasteiger partial charge in [-0.15, -0.1) is 5.10 Å². The Kier molecular flexibility index (Phi) is 3.62. The first-order valence-electron chi connectivity index (χ1n) is 6.00. The quantitative estimate of drug-likeness (QED) is 0.430. The molecule has 1 saturated heterocycles. The van der Waals surface area contributed by atoms with Crippen LogP contribution in [0.25, 0.3) is 0 Å². The van der Waals surface area contributed by atoms with Crippen LogP contribution in [-0.2, 0) is 9.97 Å². The SMILES string of the molecule is [B]C([B])([B])n1cc([N+](=O)[O-])c(OC2COC(C)(C)C2)n1. The predicted molar refractivity (Wildman–Crippen MR) is 73.2 cm³/mol. The zero-order valence-corrected chi connectivity index (χ0v) is 11.3. The van der Waals surface area contributed by atoms with E-state index in [0.29, 0.717) is 13.0 Å². The average molecular weight is 271 g/mol. The molecule has 1 aliphatic rings. The standard InChI is InChI=1S/C10H12B3N3O4/c1-9(2)3-6(5-19-9)20-8-7(16(17)18)4-15(14-8)10(11,12)13/h4,6H,3,5H2,1-2H3. The van der Waals surface area contributed by atoms with Crippen molar-refractivity contribution in [3.8, 4) is 5.88 Å². The third-order valence-electron chi connectivity index (χ3n) is 2.91. The van der Waals surface area contributed by atoms with Gasteiger partial charge in [-0.3, -0.25) is 14.8 Å². The average Bonchev–Trinajstić information content (AvgIpc) is 2.82. The van der Waals surface area contributed by atoms with Crippen LogP contribution in [0.5, 0.6) is 5.88 Å². The first-order valence-corrected chi connectivity index (χ1v) is 6.00. The second-order valence-corrected chi connectivity index (χ2v) is 5.42. The van der Waals surface area contributed by atoms with Gasteiger partial charge in [-0.2, -0.15) is 0 Å². The topological polar surface area (TPSA) is 79.4 Å². The molecule has 0 aliphatic carbocycles. The van der Waals surface area contributed by atoms with Crippen LogP contribution >= 0.6 is 0 Å². The number of hydrogen-bond acceptors (Lipinski definition) is 5. The fraction of sp³-hybridized carbons (Fsp3) is 0.700. The zero-order chi connectivity index (χ0) is 15.1. The molecule has 1 fully saturated rings. The molecule has 1 aromatic heterocycles. The molecule has 0 N–H and O–H groups in total. The van der Waals surface area contributed by atoms with Crippen molar-refractivity contribution < 1.29 is 14.4 Å². The predicted octanol–water partition coefficient (Wildman–Crippen LogP) is -0.189. The van der Waals surface area contributed by atoms with Gasteiger partial charge in [0.05, 0.1) is 40.7 Å². The minimum Gasteiger partial charge on any atom is -0.466 e. The number of nitro groups is 1. The Bertz CT molecular complexity index is 526. The lowest BCUT2D eigenvalue weighted by atomic mass is 9.49. The van der Waals surface area contributed by atoms with Gasteiger partial charge in [0.15, 0.2) is 0 Å². The van der Waals surface area contributed by atoms with Crippen molar-refractivity contribution in [2.75, 3.05) is 6.61 Å². The van der Waals surface area contributed by atoms with Crippen LogP contribution in [0, 0.1) is 10.1 Å². The molecule has 6 radical (unpaired) electrons. The van der Waals surface area contributed by atoms with Crippen molar-refractivity contribution in [1.29, 1.82) is 0 Å². The summed E-state index contributed by atoms with van der Waals surface area (Å²) >= 11 is 0. The molecule has 2 rings (SSSR count). The van der Waals surface area contributed by atoms with E-state index >= 15 is 0 Å². The van der Waals surface area contributed by atoms with Gasteiger partial charge in [0.25, 0.3) is 0 Å². The van der Waals surface area contributed by atoms with Crippen LogP contribution in [0.15, 0.2) is 6.20 Å². The molecular weight excluding hydrogens is 259 g/mol. The molecule has 1 aliphatic heterocycles. The monoisotopic (exact) mass is 271 g/mol. The number of hydrogen-bond donors (Lipinski definition) is 0. The summed E-state index contributed by atoms with van der Waals surface area (Å²) in [4.78, 5) is 10.3. The van der Waals surface area contributed by atoms with Crippen LogP contribution in [0.4, 0.5) is 5.69 Å². The highest BCUT2D eigenvalue weighted by atomic mass is 16.6. The first kappa shape index (κ1) is 15.0. The van der Waals surface area contributed by atoms with Crippen molar-refractivity contribution in [3.05, 3.63) is 16.3 Å². The lowest BCUT2D eigenvalue weighted by Crippen LogP contribution is -2.35. The largest absolute Gasteiger partial charge is 0.466 e. The van der Waals surface area contributed by atoms with Crippen LogP contribution in [0.2, 0.25) is 0 Å². The van der Waals surface area contributed by atoms with Crippen molar-refractivity contribution >= 4 is 29.2 Å². The van der Waals surface area contributed by atoms with Crippen LogP contribution in [0.1, 0.15) is 20.3 Å². The molecule has 20 heavy (non-hydrogen) atoms. The van der Waals surface area contributed by atoms with Gasteiger partial charge in [0, 0.05) is 6.42 Å². The third-order valence-corrected chi connectivity index (χ3v) is 2.91. The van der Waals surface area contributed by atoms with Crippen molar-refractivity contribution in [3.63, 3.8) is 0 Å². The zero-order valence-electron chi connectivity index (χ0n) is 11.3.